The summed E-state index contributed by atoms with van der Waals surface area (Å²) in [6.07, 6.45) is -1.27. The molecule has 0 bridgehead atoms. The standard InChI is InChI=1S/C13H15F2NO/c14-13(15)10-6-16(7-10)11-5-9-3-1-2-4-12(9)17-8-11/h1-4,10-11,13H,5-8H2. The normalized spacial score (nSPS) is 25.2. The van der Waals surface area contributed by atoms with E-state index in [1.54, 1.807) is 0 Å². The van der Waals surface area contributed by atoms with Crippen molar-refractivity contribution < 1.29 is 13.5 Å². The van der Waals surface area contributed by atoms with Crippen LogP contribution in [0.5, 0.6) is 5.75 Å². The van der Waals surface area contributed by atoms with Gasteiger partial charge < -0.3 is 4.74 Å². The van der Waals surface area contributed by atoms with Gasteiger partial charge in [0.15, 0.2) is 0 Å². The lowest BCUT2D eigenvalue weighted by atomic mass is 9.94. The first-order chi connectivity index (χ1) is 8.24. The van der Waals surface area contributed by atoms with Crippen LogP contribution in [0.1, 0.15) is 5.56 Å². The second-order valence-electron chi connectivity index (χ2n) is 4.83. The van der Waals surface area contributed by atoms with E-state index in [4.69, 9.17) is 4.74 Å². The van der Waals surface area contributed by atoms with Crippen molar-refractivity contribution in [2.45, 2.75) is 18.9 Å². The highest BCUT2D eigenvalue weighted by atomic mass is 19.3. The minimum Gasteiger partial charge on any atom is -0.492 e. The van der Waals surface area contributed by atoms with Gasteiger partial charge in [-0.3, -0.25) is 4.90 Å². The molecule has 0 saturated carbocycles. The van der Waals surface area contributed by atoms with Gasteiger partial charge in [-0.1, -0.05) is 18.2 Å². The molecule has 1 atom stereocenters. The zero-order valence-corrected chi connectivity index (χ0v) is 9.48. The molecular weight excluding hydrogens is 224 g/mol. The van der Waals surface area contributed by atoms with Crippen LogP contribution < -0.4 is 4.74 Å². The number of hydrogen-bond donors (Lipinski definition) is 0. The summed E-state index contributed by atoms with van der Waals surface area (Å²) in [6.45, 7) is 1.63. The molecule has 17 heavy (non-hydrogen) atoms. The number of alkyl halides is 2. The Morgan fingerprint density at radius 1 is 1.24 bits per heavy atom. The second kappa shape index (κ2) is 4.26. The van der Waals surface area contributed by atoms with Crippen molar-refractivity contribution in [2.24, 2.45) is 5.92 Å². The number of para-hydroxylation sites is 1. The number of halogens is 2. The molecule has 0 radical (unpaired) electrons. The monoisotopic (exact) mass is 239 g/mol. The lowest BCUT2D eigenvalue weighted by molar-refractivity contribution is -0.0542. The third kappa shape index (κ3) is 2.02. The van der Waals surface area contributed by atoms with Crippen molar-refractivity contribution in [3.05, 3.63) is 29.8 Å². The smallest absolute Gasteiger partial charge is 0.243 e. The molecule has 0 N–H and O–H groups in total. The van der Waals surface area contributed by atoms with Gasteiger partial charge in [0.1, 0.15) is 12.4 Å². The molecule has 0 aliphatic carbocycles. The van der Waals surface area contributed by atoms with Crippen molar-refractivity contribution in [1.82, 2.24) is 4.90 Å². The Morgan fingerprint density at radius 2 is 2.00 bits per heavy atom. The van der Waals surface area contributed by atoms with Gasteiger partial charge in [0.05, 0.1) is 0 Å². The van der Waals surface area contributed by atoms with Crippen LogP contribution in [0.25, 0.3) is 0 Å². The Morgan fingerprint density at radius 3 is 2.76 bits per heavy atom. The fourth-order valence-electron chi connectivity index (χ4n) is 2.55. The van der Waals surface area contributed by atoms with Crippen LogP contribution in [-0.4, -0.2) is 37.1 Å². The summed E-state index contributed by atoms with van der Waals surface area (Å²) in [5.74, 6) is 0.502. The summed E-state index contributed by atoms with van der Waals surface area (Å²) in [5, 5.41) is 0. The molecule has 1 fully saturated rings. The molecule has 2 nitrogen and oxygen atoms in total. The quantitative estimate of drug-likeness (QED) is 0.784. The lowest BCUT2D eigenvalue weighted by Crippen LogP contribution is -2.57. The molecule has 1 unspecified atom stereocenters. The van der Waals surface area contributed by atoms with Crippen LogP contribution in [-0.2, 0) is 6.42 Å². The number of benzene rings is 1. The summed E-state index contributed by atoms with van der Waals surface area (Å²) in [5.41, 5.74) is 1.18. The van der Waals surface area contributed by atoms with Crippen LogP contribution in [0, 0.1) is 5.92 Å². The summed E-state index contributed by atoms with van der Waals surface area (Å²) in [4.78, 5) is 2.10. The highest BCUT2D eigenvalue weighted by molar-refractivity contribution is 5.35. The largest absolute Gasteiger partial charge is 0.492 e. The summed E-state index contributed by atoms with van der Waals surface area (Å²) >= 11 is 0. The van der Waals surface area contributed by atoms with Gasteiger partial charge in [-0.25, -0.2) is 8.78 Å². The predicted molar refractivity (Wildman–Crippen MR) is 60.5 cm³/mol. The molecule has 1 aromatic carbocycles. The first kappa shape index (κ1) is 11.0. The van der Waals surface area contributed by atoms with Gasteiger partial charge in [0.2, 0.25) is 6.43 Å². The minimum atomic E-state index is -2.18. The molecule has 0 aromatic heterocycles. The Kier molecular flexibility index (Phi) is 2.74. The molecule has 2 heterocycles. The van der Waals surface area contributed by atoms with Crippen LogP contribution in [0.3, 0.4) is 0 Å². The van der Waals surface area contributed by atoms with E-state index in [0.29, 0.717) is 19.7 Å². The van der Waals surface area contributed by atoms with E-state index < -0.39 is 12.3 Å². The fraction of sp³-hybridized carbons (Fsp3) is 0.538. The number of rotatable bonds is 2. The van der Waals surface area contributed by atoms with Crippen LogP contribution >= 0.6 is 0 Å². The molecule has 0 spiro atoms. The van der Waals surface area contributed by atoms with Crippen molar-refractivity contribution in [3.8, 4) is 5.75 Å². The lowest BCUT2D eigenvalue weighted by Gasteiger charge is -2.45. The molecule has 0 amide bonds. The zero-order chi connectivity index (χ0) is 11.8. The van der Waals surface area contributed by atoms with Gasteiger partial charge in [0.25, 0.3) is 0 Å². The van der Waals surface area contributed by atoms with Gasteiger partial charge in [-0.2, -0.15) is 0 Å². The van der Waals surface area contributed by atoms with E-state index in [2.05, 4.69) is 4.90 Å². The van der Waals surface area contributed by atoms with Gasteiger partial charge in [-0.05, 0) is 18.1 Å². The molecule has 4 heteroatoms. The predicted octanol–water partition coefficient (Wildman–Crippen LogP) is 2.19. The Bertz CT molecular complexity index is 404. The second-order valence-corrected chi connectivity index (χ2v) is 4.83. The topological polar surface area (TPSA) is 12.5 Å². The molecule has 2 aliphatic rings. The highest BCUT2D eigenvalue weighted by Gasteiger charge is 2.38. The molecule has 3 rings (SSSR count). The molecule has 2 aliphatic heterocycles. The first-order valence-corrected chi connectivity index (χ1v) is 5.97. The molecule has 92 valence electrons. The van der Waals surface area contributed by atoms with Crippen LogP contribution in [0.4, 0.5) is 8.78 Å². The van der Waals surface area contributed by atoms with Gasteiger partial charge in [0, 0.05) is 25.0 Å². The Hall–Kier alpha value is -1.16. The average Bonchev–Trinajstić information content (AvgIpc) is 2.26. The minimum absolute atomic E-state index is 0.264. The number of hydrogen-bond acceptors (Lipinski definition) is 2. The number of nitrogens with zero attached hydrogens (tertiary/aromatic N) is 1. The SMILES string of the molecule is FC(F)C1CN(C2COc3ccccc3C2)C1. The summed E-state index contributed by atoms with van der Waals surface area (Å²) in [7, 11) is 0. The molecule has 1 aromatic rings. The van der Waals surface area contributed by atoms with Crippen LogP contribution in [0.15, 0.2) is 24.3 Å². The third-order valence-electron chi connectivity index (χ3n) is 3.67. The Labute approximate surface area is 99.2 Å². The van der Waals surface area contributed by atoms with E-state index in [1.807, 2.05) is 24.3 Å². The molecule has 1 saturated heterocycles. The Balaban J connectivity index is 1.62. The zero-order valence-electron chi connectivity index (χ0n) is 9.48. The number of fused-ring (bicyclic) bond motifs is 1. The van der Waals surface area contributed by atoms with Gasteiger partial charge in [-0.15, -0.1) is 0 Å². The van der Waals surface area contributed by atoms with Crippen molar-refractivity contribution in [1.29, 1.82) is 0 Å². The van der Waals surface area contributed by atoms with E-state index in [0.717, 1.165) is 12.2 Å². The average molecular weight is 239 g/mol. The first-order valence-electron chi connectivity index (χ1n) is 5.97. The maximum absolute atomic E-state index is 12.4. The van der Waals surface area contributed by atoms with E-state index in [-0.39, 0.29) is 6.04 Å². The maximum atomic E-state index is 12.4. The van der Waals surface area contributed by atoms with E-state index >= 15 is 0 Å². The van der Waals surface area contributed by atoms with Crippen molar-refractivity contribution in [3.63, 3.8) is 0 Å². The fourth-order valence-corrected chi connectivity index (χ4v) is 2.55. The van der Waals surface area contributed by atoms with Crippen molar-refractivity contribution >= 4 is 0 Å². The van der Waals surface area contributed by atoms with E-state index in [1.165, 1.54) is 5.56 Å². The van der Waals surface area contributed by atoms with Crippen LogP contribution in [0.2, 0.25) is 0 Å². The summed E-state index contributed by atoms with van der Waals surface area (Å²) in [6, 6.07) is 8.22. The van der Waals surface area contributed by atoms with Crippen molar-refractivity contribution in [2.75, 3.05) is 19.7 Å². The summed E-state index contributed by atoms with van der Waals surface area (Å²) < 4.78 is 30.5. The highest BCUT2D eigenvalue weighted by Crippen LogP contribution is 2.31. The maximum Gasteiger partial charge on any atom is 0.243 e. The third-order valence-corrected chi connectivity index (χ3v) is 3.67. The van der Waals surface area contributed by atoms with E-state index in [9.17, 15) is 8.78 Å². The number of ether oxygens (including phenoxy) is 1. The van der Waals surface area contributed by atoms with Gasteiger partial charge >= 0.3 is 0 Å². The number of likely N-dealkylation sites (tertiary alicyclic amines) is 1. The molecular formula is C13H15F2NO.